The Kier molecular flexibility index (Phi) is 2.50. The van der Waals surface area contributed by atoms with Gasteiger partial charge in [0.15, 0.2) is 0 Å². The molecule has 0 fully saturated rings. The Morgan fingerprint density at radius 3 is 2.27 bits per heavy atom. The maximum Gasteiger partial charge on any atom is 0.123 e. The molecule has 2 heteroatoms. The minimum atomic E-state index is -0.219. The zero-order chi connectivity index (χ0) is 10.8. The molecule has 0 bridgehead atoms. The molecule has 0 aliphatic heterocycles. The van der Waals surface area contributed by atoms with Gasteiger partial charge in [-0.3, -0.25) is 4.98 Å². The predicted octanol–water partition coefficient (Wildman–Crippen LogP) is 3.50. The van der Waals surface area contributed by atoms with E-state index in [0.29, 0.717) is 0 Å². The highest BCUT2D eigenvalue weighted by atomic mass is 19.1. The fourth-order valence-electron chi connectivity index (χ4n) is 1.61. The molecule has 0 radical (unpaired) electrons. The summed E-state index contributed by atoms with van der Waals surface area (Å²) >= 11 is 0. The smallest absolute Gasteiger partial charge is 0.123 e. The van der Waals surface area contributed by atoms with Crippen LogP contribution in [0.3, 0.4) is 0 Å². The standard InChI is InChI=1S/C13H12FN/c1-9-7-10(2)15-13(8-9)11-3-5-12(14)6-4-11/h3-8H,1-2H3. The van der Waals surface area contributed by atoms with E-state index >= 15 is 0 Å². The van der Waals surface area contributed by atoms with Crippen LogP contribution in [-0.2, 0) is 0 Å². The lowest BCUT2D eigenvalue weighted by Crippen LogP contribution is -1.88. The molecule has 76 valence electrons. The number of benzene rings is 1. The predicted molar refractivity (Wildman–Crippen MR) is 59.1 cm³/mol. The van der Waals surface area contributed by atoms with E-state index in [0.717, 1.165) is 17.0 Å². The molecular weight excluding hydrogens is 189 g/mol. The second-order valence-corrected chi connectivity index (χ2v) is 3.68. The molecule has 1 nitrogen and oxygen atoms in total. The Balaban J connectivity index is 2.49. The van der Waals surface area contributed by atoms with Gasteiger partial charge < -0.3 is 0 Å². The first kappa shape index (κ1) is 9.84. The maximum absolute atomic E-state index is 12.7. The number of rotatable bonds is 1. The fraction of sp³-hybridized carbons (Fsp3) is 0.154. The van der Waals surface area contributed by atoms with Crippen LogP contribution in [0.5, 0.6) is 0 Å². The Hall–Kier alpha value is -1.70. The van der Waals surface area contributed by atoms with E-state index in [1.54, 1.807) is 12.1 Å². The van der Waals surface area contributed by atoms with Crippen molar-refractivity contribution in [3.8, 4) is 11.3 Å². The second kappa shape index (κ2) is 3.81. The number of pyridine rings is 1. The van der Waals surface area contributed by atoms with Gasteiger partial charge in [0.1, 0.15) is 5.82 Å². The van der Waals surface area contributed by atoms with E-state index in [9.17, 15) is 4.39 Å². The highest BCUT2D eigenvalue weighted by molar-refractivity contribution is 5.59. The van der Waals surface area contributed by atoms with Crippen molar-refractivity contribution in [2.24, 2.45) is 0 Å². The van der Waals surface area contributed by atoms with Crippen molar-refractivity contribution in [3.63, 3.8) is 0 Å². The average Bonchev–Trinajstić information content (AvgIpc) is 2.17. The number of halogens is 1. The van der Waals surface area contributed by atoms with Gasteiger partial charge in [-0.05, 0) is 55.8 Å². The van der Waals surface area contributed by atoms with Crippen LogP contribution in [0.1, 0.15) is 11.3 Å². The highest BCUT2D eigenvalue weighted by Crippen LogP contribution is 2.19. The van der Waals surface area contributed by atoms with Gasteiger partial charge in [-0.25, -0.2) is 4.39 Å². The Labute approximate surface area is 88.6 Å². The molecule has 0 saturated carbocycles. The molecule has 0 aliphatic carbocycles. The zero-order valence-electron chi connectivity index (χ0n) is 8.79. The van der Waals surface area contributed by atoms with Crippen molar-refractivity contribution < 1.29 is 4.39 Å². The number of hydrogen-bond acceptors (Lipinski definition) is 1. The van der Waals surface area contributed by atoms with Gasteiger partial charge in [-0.1, -0.05) is 0 Å². The summed E-state index contributed by atoms with van der Waals surface area (Å²) in [5.74, 6) is -0.219. The van der Waals surface area contributed by atoms with E-state index in [-0.39, 0.29) is 5.82 Å². The van der Waals surface area contributed by atoms with Crippen molar-refractivity contribution in [2.45, 2.75) is 13.8 Å². The van der Waals surface area contributed by atoms with Crippen LogP contribution in [0.25, 0.3) is 11.3 Å². The van der Waals surface area contributed by atoms with Crippen LogP contribution in [0.15, 0.2) is 36.4 Å². The van der Waals surface area contributed by atoms with Gasteiger partial charge in [0.2, 0.25) is 0 Å². The SMILES string of the molecule is Cc1cc(C)nc(-c2ccc(F)cc2)c1. The van der Waals surface area contributed by atoms with Gasteiger partial charge in [0.25, 0.3) is 0 Å². The molecule has 0 spiro atoms. The Bertz CT molecular complexity index is 454. The summed E-state index contributed by atoms with van der Waals surface area (Å²) < 4.78 is 12.7. The van der Waals surface area contributed by atoms with Crippen molar-refractivity contribution in [2.75, 3.05) is 0 Å². The molecular formula is C13H12FN. The quantitative estimate of drug-likeness (QED) is 0.688. The molecule has 2 rings (SSSR count). The van der Waals surface area contributed by atoms with Gasteiger partial charge in [0.05, 0.1) is 5.69 Å². The van der Waals surface area contributed by atoms with E-state index < -0.39 is 0 Å². The van der Waals surface area contributed by atoms with Crippen LogP contribution in [0.4, 0.5) is 4.39 Å². The number of aryl methyl sites for hydroxylation is 2. The van der Waals surface area contributed by atoms with E-state index in [4.69, 9.17) is 0 Å². The third kappa shape index (κ3) is 2.21. The molecule has 0 N–H and O–H groups in total. The third-order valence-electron chi connectivity index (χ3n) is 2.24. The molecule has 15 heavy (non-hydrogen) atoms. The van der Waals surface area contributed by atoms with Gasteiger partial charge in [-0.2, -0.15) is 0 Å². The molecule has 0 atom stereocenters. The first-order valence-corrected chi connectivity index (χ1v) is 4.86. The summed E-state index contributed by atoms with van der Waals surface area (Å²) in [5, 5.41) is 0. The van der Waals surface area contributed by atoms with Crippen LogP contribution < -0.4 is 0 Å². The van der Waals surface area contributed by atoms with Gasteiger partial charge in [-0.15, -0.1) is 0 Å². The van der Waals surface area contributed by atoms with Crippen LogP contribution in [0, 0.1) is 19.7 Å². The number of hydrogen-bond donors (Lipinski definition) is 0. The fourth-order valence-corrected chi connectivity index (χ4v) is 1.61. The minimum absolute atomic E-state index is 0.219. The Morgan fingerprint density at radius 1 is 1.00 bits per heavy atom. The largest absolute Gasteiger partial charge is 0.253 e. The van der Waals surface area contributed by atoms with Crippen molar-refractivity contribution >= 4 is 0 Å². The summed E-state index contributed by atoms with van der Waals surface area (Å²) in [6.07, 6.45) is 0. The number of aromatic nitrogens is 1. The van der Waals surface area contributed by atoms with Crippen LogP contribution >= 0.6 is 0 Å². The molecule has 1 aromatic heterocycles. The van der Waals surface area contributed by atoms with Crippen molar-refractivity contribution in [1.29, 1.82) is 0 Å². The molecule has 1 heterocycles. The summed E-state index contributed by atoms with van der Waals surface area (Å²) in [4.78, 5) is 4.41. The lowest BCUT2D eigenvalue weighted by atomic mass is 10.1. The summed E-state index contributed by atoms with van der Waals surface area (Å²) in [6.45, 7) is 3.99. The van der Waals surface area contributed by atoms with E-state index in [1.807, 2.05) is 26.0 Å². The molecule has 1 aromatic carbocycles. The Morgan fingerprint density at radius 2 is 1.67 bits per heavy atom. The minimum Gasteiger partial charge on any atom is -0.253 e. The van der Waals surface area contributed by atoms with E-state index in [2.05, 4.69) is 4.98 Å². The molecule has 0 amide bonds. The number of nitrogens with zero attached hydrogens (tertiary/aromatic N) is 1. The van der Waals surface area contributed by atoms with Crippen molar-refractivity contribution in [1.82, 2.24) is 4.98 Å². The van der Waals surface area contributed by atoms with Crippen LogP contribution in [-0.4, -0.2) is 4.98 Å². The lowest BCUT2D eigenvalue weighted by molar-refractivity contribution is 0.628. The first-order valence-electron chi connectivity index (χ1n) is 4.86. The topological polar surface area (TPSA) is 12.9 Å². The molecule has 0 unspecified atom stereocenters. The first-order chi connectivity index (χ1) is 7.15. The van der Waals surface area contributed by atoms with Gasteiger partial charge in [0, 0.05) is 11.3 Å². The van der Waals surface area contributed by atoms with Gasteiger partial charge >= 0.3 is 0 Å². The monoisotopic (exact) mass is 201 g/mol. The molecule has 0 aliphatic rings. The average molecular weight is 201 g/mol. The maximum atomic E-state index is 12.7. The third-order valence-corrected chi connectivity index (χ3v) is 2.24. The second-order valence-electron chi connectivity index (χ2n) is 3.68. The summed E-state index contributed by atoms with van der Waals surface area (Å²) in [5.41, 5.74) is 3.99. The zero-order valence-corrected chi connectivity index (χ0v) is 8.79. The van der Waals surface area contributed by atoms with Crippen LogP contribution in [0.2, 0.25) is 0 Å². The lowest BCUT2D eigenvalue weighted by Gasteiger charge is -2.03. The molecule has 0 saturated heterocycles. The molecule has 2 aromatic rings. The van der Waals surface area contributed by atoms with E-state index in [1.165, 1.54) is 17.7 Å². The highest BCUT2D eigenvalue weighted by Gasteiger charge is 2.01. The summed E-state index contributed by atoms with van der Waals surface area (Å²) in [6, 6.07) is 10.4. The summed E-state index contributed by atoms with van der Waals surface area (Å²) in [7, 11) is 0. The normalized spacial score (nSPS) is 10.3. The van der Waals surface area contributed by atoms with Crippen molar-refractivity contribution in [3.05, 3.63) is 53.5 Å².